The van der Waals surface area contributed by atoms with Crippen LogP contribution in [0.15, 0.2) is 97.2 Å². The molecule has 370 valence electrons. The van der Waals surface area contributed by atoms with E-state index in [1.54, 1.807) is 0 Å². The van der Waals surface area contributed by atoms with Crippen molar-refractivity contribution in [3.63, 3.8) is 0 Å². The molecular formula is C59H98O6. The molecule has 0 bridgehead atoms. The quantitative estimate of drug-likeness (QED) is 0.0199. The van der Waals surface area contributed by atoms with Crippen LogP contribution in [0.3, 0.4) is 0 Å². The molecule has 0 N–H and O–H groups in total. The number of carbonyl (C=O) groups excluding carboxylic acids is 3. The first-order valence-electron chi connectivity index (χ1n) is 26.8. The number of hydrogen-bond acceptors (Lipinski definition) is 6. The lowest BCUT2D eigenvalue weighted by atomic mass is 10.0. The van der Waals surface area contributed by atoms with Crippen molar-refractivity contribution in [2.45, 2.75) is 245 Å². The summed E-state index contributed by atoms with van der Waals surface area (Å²) in [5.41, 5.74) is 0. The Hall–Kier alpha value is -3.67. The van der Waals surface area contributed by atoms with Gasteiger partial charge in [0, 0.05) is 19.3 Å². The van der Waals surface area contributed by atoms with Crippen molar-refractivity contribution in [2.75, 3.05) is 13.2 Å². The maximum absolute atomic E-state index is 12.8. The molecule has 0 fully saturated rings. The minimum absolute atomic E-state index is 0.104. The molecular weight excluding hydrogens is 805 g/mol. The number of carbonyl (C=O) groups is 3. The zero-order valence-electron chi connectivity index (χ0n) is 42.2. The van der Waals surface area contributed by atoms with E-state index in [4.69, 9.17) is 14.2 Å². The second-order valence-corrected chi connectivity index (χ2v) is 17.5. The van der Waals surface area contributed by atoms with E-state index >= 15 is 0 Å². The average molecular weight is 903 g/mol. The zero-order chi connectivity index (χ0) is 47.2. The van der Waals surface area contributed by atoms with E-state index < -0.39 is 6.10 Å². The Labute approximate surface area is 400 Å². The van der Waals surface area contributed by atoms with Crippen LogP contribution in [0, 0.1) is 0 Å². The third-order valence-corrected chi connectivity index (χ3v) is 11.2. The molecule has 0 aromatic heterocycles. The molecule has 0 radical (unpaired) electrons. The molecule has 0 amide bonds. The second kappa shape index (κ2) is 52.9. The molecule has 65 heavy (non-hydrogen) atoms. The van der Waals surface area contributed by atoms with Crippen molar-refractivity contribution in [1.82, 2.24) is 0 Å². The highest BCUT2D eigenvalue weighted by atomic mass is 16.6. The van der Waals surface area contributed by atoms with Crippen LogP contribution in [0.4, 0.5) is 0 Å². The largest absolute Gasteiger partial charge is 0.462 e. The van der Waals surface area contributed by atoms with E-state index in [1.807, 2.05) is 54.7 Å². The normalized spacial score (nSPS) is 12.8. The van der Waals surface area contributed by atoms with Gasteiger partial charge in [0.1, 0.15) is 13.2 Å². The van der Waals surface area contributed by atoms with Crippen LogP contribution in [0.25, 0.3) is 0 Å². The maximum Gasteiger partial charge on any atom is 0.306 e. The number of hydrogen-bond donors (Lipinski definition) is 0. The minimum atomic E-state index is -0.812. The lowest BCUT2D eigenvalue weighted by molar-refractivity contribution is -0.167. The summed E-state index contributed by atoms with van der Waals surface area (Å²) in [7, 11) is 0. The third-order valence-electron chi connectivity index (χ3n) is 11.2. The van der Waals surface area contributed by atoms with Gasteiger partial charge in [-0.1, -0.05) is 253 Å². The minimum Gasteiger partial charge on any atom is -0.462 e. The van der Waals surface area contributed by atoms with E-state index in [-0.39, 0.29) is 37.5 Å². The van der Waals surface area contributed by atoms with Crippen molar-refractivity contribution in [3.05, 3.63) is 97.2 Å². The predicted octanol–water partition coefficient (Wildman–Crippen LogP) is 17.8. The maximum atomic E-state index is 12.8. The van der Waals surface area contributed by atoms with Gasteiger partial charge in [-0.15, -0.1) is 0 Å². The van der Waals surface area contributed by atoms with E-state index in [0.717, 1.165) is 83.5 Å². The average Bonchev–Trinajstić information content (AvgIpc) is 3.30. The molecule has 0 spiro atoms. The molecule has 0 aromatic rings. The van der Waals surface area contributed by atoms with Crippen LogP contribution in [-0.4, -0.2) is 37.2 Å². The fraction of sp³-hybridized carbons (Fsp3) is 0.678. The number of unbranched alkanes of at least 4 members (excludes halogenated alkanes) is 24. The molecule has 0 aliphatic heterocycles. The van der Waals surface area contributed by atoms with Gasteiger partial charge in [-0.05, 0) is 64.2 Å². The number of ether oxygens (including phenoxy) is 3. The highest BCUT2D eigenvalue weighted by Crippen LogP contribution is 2.16. The van der Waals surface area contributed by atoms with Crippen LogP contribution < -0.4 is 0 Å². The number of esters is 3. The van der Waals surface area contributed by atoms with Crippen molar-refractivity contribution < 1.29 is 28.6 Å². The van der Waals surface area contributed by atoms with Crippen molar-refractivity contribution in [3.8, 4) is 0 Å². The zero-order valence-corrected chi connectivity index (χ0v) is 42.2. The van der Waals surface area contributed by atoms with E-state index in [1.165, 1.54) is 109 Å². The smallest absolute Gasteiger partial charge is 0.306 e. The molecule has 6 nitrogen and oxygen atoms in total. The van der Waals surface area contributed by atoms with Crippen LogP contribution in [0.2, 0.25) is 0 Å². The molecule has 0 aliphatic rings. The summed E-state index contributed by atoms with van der Waals surface area (Å²) < 4.78 is 16.7. The summed E-state index contributed by atoms with van der Waals surface area (Å²) in [5, 5.41) is 0. The Balaban J connectivity index is 4.45. The van der Waals surface area contributed by atoms with Crippen molar-refractivity contribution in [2.24, 2.45) is 0 Å². The van der Waals surface area contributed by atoms with E-state index in [2.05, 4.69) is 63.3 Å². The van der Waals surface area contributed by atoms with Crippen molar-refractivity contribution >= 4 is 17.9 Å². The fourth-order valence-electron chi connectivity index (χ4n) is 7.25. The Kier molecular flexibility index (Phi) is 50.0. The van der Waals surface area contributed by atoms with Crippen LogP contribution in [-0.2, 0) is 28.6 Å². The molecule has 0 heterocycles. The lowest BCUT2D eigenvalue weighted by Crippen LogP contribution is -2.30. The Morgan fingerprint density at radius 3 is 1.17 bits per heavy atom. The predicted molar refractivity (Wildman–Crippen MR) is 279 cm³/mol. The first-order valence-corrected chi connectivity index (χ1v) is 26.8. The van der Waals surface area contributed by atoms with Gasteiger partial charge in [0.2, 0.25) is 0 Å². The fourth-order valence-corrected chi connectivity index (χ4v) is 7.25. The van der Waals surface area contributed by atoms with E-state index in [0.29, 0.717) is 19.3 Å². The van der Waals surface area contributed by atoms with Gasteiger partial charge >= 0.3 is 17.9 Å². The summed E-state index contributed by atoms with van der Waals surface area (Å²) >= 11 is 0. The molecule has 0 aliphatic carbocycles. The third kappa shape index (κ3) is 51.2. The summed E-state index contributed by atoms with van der Waals surface area (Å²) in [5.74, 6) is -0.994. The summed E-state index contributed by atoms with van der Waals surface area (Å²) in [6.45, 7) is 6.32. The second-order valence-electron chi connectivity index (χ2n) is 17.5. The van der Waals surface area contributed by atoms with Gasteiger partial charge in [0.25, 0.3) is 0 Å². The summed E-state index contributed by atoms with van der Waals surface area (Å²) in [6.07, 6.45) is 69.8. The highest BCUT2D eigenvalue weighted by molar-refractivity contribution is 5.71. The first-order chi connectivity index (χ1) is 32.0. The molecule has 0 aromatic carbocycles. The highest BCUT2D eigenvalue weighted by Gasteiger charge is 2.19. The van der Waals surface area contributed by atoms with Crippen molar-refractivity contribution in [1.29, 1.82) is 0 Å². The number of rotatable bonds is 47. The SMILES string of the molecule is CC/C=C/C=C/C=C/C=C/C=C/CCCC(=O)OCC(COC(=O)CCCCCCCCCCCCCCCCCCCC)OC(=O)CCCCCCCC/C=C/C/C=C/C/C=C/CC. The summed E-state index contributed by atoms with van der Waals surface area (Å²) in [6, 6.07) is 0. The van der Waals surface area contributed by atoms with Gasteiger partial charge in [-0.2, -0.15) is 0 Å². The summed E-state index contributed by atoms with van der Waals surface area (Å²) in [4.78, 5) is 38.0. The van der Waals surface area contributed by atoms with Gasteiger partial charge in [0.05, 0.1) is 0 Å². The van der Waals surface area contributed by atoms with Gasteiger partial charge in [-0.3, -0.25) is 14.4 Å². The first kappa shape index (κ1) is 61.3. The van der Waals surface area contributed by atoms with Crippen LogP contribution >= 0.6 is 0 Å². The molecule has 1 unspecified atom stereocenters. The molecule has 0 rings (SSSR count). The van der Waals surface area contributed by atoms with Crippen LogP contribution in [0.1, 0.15) is 239 Å². The Morgan fingerprint density at radius 2 is 0.692 bits per heavy atom. The lowest BCUT2D eigenvalue weighted by Gasteiger charge is -2.18. The van der Waals surface area contributed by atoms with Gasteiger partial charge in [-0.25, -0.2) is 0 Å². The molecule has 0 saturated heterocycles. The van der Waals surface area contributed by atoms with Gasteiger partial charge in [0.15, 0.2) is 6.10 Å². The topological polar surface area (TPSA) is 78.9 Å². The molecule has 1 atom stereocenters. The van der Waals surface area contributed by atoms with Crippen LogP contribution in [0.5, 0.6) is 0 Å². The number of allylic oxidation sites excluding steroid dienone is 16. The Morgan fingerprint density at radius 1 is 0.338 bits per heavy atom. The monoisotopic (exact) mass is 903 g/mol. The Bertz CT molecular complexity index is 1310. The van der Waals surface area contributed by atoms with Gasteiger partial charge < -0.3 is 14.2 Å². The standard InChI is InChI=1S/C59H98O6/c1-4-7-10-13-16-19-22-25-27-29-30-32-34-37-40-43-46-49-52-58(61)64-55-56(54-63-57(60)51-48-45-42-39-36-33-24-21-18-15-12-9-6-3)65-59(62)53-50-47-44-41-38-35-31-28-26-23-20-17-14-11-8-5-2/h8-9,11-12,15,17-18,20-21,24,26,28,33,36,39,42,56H,4-7,10,13-14,16,19,22-23,25,27,29-32,34-35,37-38,40-41,43-55H2,1-3H3/b11-8+,12-9+,18-15+,20-17+,24-21+,28-26+,36-33+,42-39+. The molecule has 6 heteroatoms. The van der Waals surface area contributed by atoms with E-state index in [9.17, 15) is 14.4 Å². The molecule has 0 saturated carbocycles.